The van der Waals surface area contributed by atoms with E-state index in [1.165, 1.54) is 18.2 Å². The molecule has 18 heavy (non-hydrogen) atoms. The predicted molar refractivity (Wildman–Crippen MR) is 63.9 cm³/mol. The van der Waals surface area contributed by atoms with Gasteiger partial charge in [0.15, 0.2) is 0 Å². The number of hydrogen-bond acceptors (Lipinski definition) is 4. The van der Waals surface area contributed by atoms with Gasteiger partial charge < -0.3 is 5.32 Å². The maximum Gasteiger partial charge on any atom is 0.285 e. The van der Waals surface area contributed by atoms with Crippen LogP contribution in [0.15, 0.2) is 35.2 Å². The summed E-state index contributed by atoms with van der Waals surface area (Å²) in [5.74, 6) is -0.290. The van der Waals surface area contributed by atoms with Crippen molar-refractivity contribution in [1.29, 1.82) is 0 Å². The zero-order valence-electron chi connectivity index (χ0n) is 9.41. The first-order valence-corrected chi connectivity index (χ1v) is 6.67. The normalized spacial score (nSPS) is 16.4. The van der Waals surface area contributed by atoms with Crippen molar-refractivity contribution in [3.63, 3.8) is 0 Å². The molecule has 0 unspecified atom stereocenters. The number of carbonyl (C=O) groups is 1. The molecule has 0 fully saturated rings. The SMILES string of the molecule is Cc1cc2n(n1)S(=O)(=O)c1ccccc1C(=O)N2. The van der Waals surface area contributed by atoms with Gasteiger partial charge in [-0.3, -0.25) is 4.79 Å². The van der Waals surface area contributed by atoms with E-state index in [1.54, 1.807) is 19.1 Å². The number of rotatable bonds is 0. The van der Waals surface area contributed by atoms with Crippen molar-refractivity contribution < 1.29 is 13.2 Å². The Morgan fingerprint density at radius 1 is 1.28 bits per heavy atom. The van der Waals surface area contributed by atoms with E-state index in [0.717, 1.165) is 4.09 Å². The van der Waals surface area contributed by atoms with Crippen molar-refractivity contribution in [1.82, 2.24) is 9.19 Å². The molecule has 1 aliphatic rings. The number of benzene rings is 1. The van der Waals surface area contributed by atoms with Crippen molar-refractivity contribution in [2.24, 2.45) is 0 Å². The van der Waals surface area contributed by atoms with E-state index in [2.05, 4.69) is 10.4 Å². The molecule has 1 aromatic carbocycles. The molecule has 0 aliphatic carbocycles. The average Bonchev–Trinajstić information content (AvgIpc) is 2.67. The van der Waals surface area contributed by atoms with Gasteiger partial charge in [-0.2, -0.15) is 13.5 Å². The molecule has 0 atom stereocenters. The molecule has 6 nitrogen and oxygen atoms in total. The van der Waals surface area contributed by atoms with E-state index in [1.807, 2.05) is 0 Å². The first-order valence-electron chi connectivity index (χ1n) is 5.23. The molecule has 3 rings (SSSR count). The number of nitrogens with zero attached hydrogens (tertiary/aromatic N) is 2. The molecule has 0 saturated carbocycles. The third kappa shape index (κ3) is 1.37. The van der Waals surface area contributed by atoms with Gasteiger partial charge in [-0.25, -0.2) is 0 Å². The Bertz CT molecular complexity index is 762. The summed E-state index contributed by atoms with van der Waals surface area (Å²) in [4.78, 5) is 11.9. The lowest BCUT2D eigenvalue weighted by atomic mass is 10.2. The fourth-order valence-electron chi connectivity index (χ4n) is 1.90. The van der Waals surface area contributed by atoms with E-state index < -0.39 is 15.9 Å². The van der Waals surface area contributed by atoms with Crippen molar-refractivity contribution in [2.75, 3.05) is 5.32 Å². The fourth-order valence-corrected chi connectivity index (χ4v) is 3.37. The van der Waals surface area contributed by atoms with Crippen LogP contribution in [-0.2, 0) is 10.0 Å². The first-order chi connectivity index (χ1) is 8.50. The highest BCUT2D eigenvalue weighted by molar-refractivity contribution is 7.90. The molecule has 0 bridgehead atoms. The molecule has 1 aromatic heterocycles. The monoisotopic (exact) mass is 263 g/mol. The van der Waals surface area contributed by atoms with E-state index in [4.69, 9.17) is 0 Å². The van der Waals surface area contributed by atoms with Crippen LogP contribution in [0.2, 0.25) is 0 Å². The van der Waals surface area contributed by atoms with E-state index in [-0.39, 0.29) is 16.3 Å². The van der Waals surface area contributed by atoms with Crippen LogP contribution in [0.5, 0.6) is 0 Å². The van der Waals surface area contributed by atoms with Gasteiger partial charge in [0.2, 0.25) is 0 Å². The Hall–Kier alpha value is -2.15. The molecular formula is C11H9N3O3S. The van der Waals surface area contributed by atoms with Crippen LogP contribution in [0.1, 0.15) is 16.1 Å². The lowest BCUT2D eigenvalue weighted by Crippen LogP contribution is -2.14. The summed E-state index contributed by atoms with van der Waals surface area (Å²) in [6.45, 7) is 1.66. The van der Waals surface area contributed by atoms with Crippen molar-refractivity contribution in [3.8, 4) is 0 Å². The number of aryl methyl sites for hydroxylation is 1. The summed E-state index contributed by atoms with van der Waals surface area (Å²) in [5.41, 5.74) is 0.647. The molecule has 1 aliphatic heterocycles. The number of carbonyl (C=O) groups excluding carboxylic acids is 1. The predicted octanol–water partition coefficient (Wildman–Crippen LogP) is 0.994. The van der Waals surface area contributed by atoms with Crippen LogP contribution in [0, 0.1) is 6.92 Å². The molecule has 0 spiro atoms. The summed E-state index contributed by atoms with van der Waals surface area (Å²) in [6, 6.07) is 7.58. The van der Waals surface area contributed by atoms with Crippen LogP contribution in [0.4, 0.5) is 5.82 Å². The molecule has 92 valence electrons. The minimum Gasteiger partial charge on any atom is -0.306 e. The van der Waals surface area contributed by atoms with Crippen LogP contribution < -0.4 is 5.32 Å². The van der Waals surface area contributed by atoms with E-state index >= 15 is 0 Å². The van der Waals surface area contributed by atoms with Gasteiger partial charge in [0.25, 0.3) is 15.9 Å². The third-order valence-electron chi connectivity index (χ3n) is 2.68. The Labute approximate surface area is 103 Å². The lowest BCUT2D eigenvalue weighted by molar-refractivity contribution is 0.102. The maximum atomic E-state index is 12.4. The third-order valence-corrected chi connectivity index (χ3v) is 4.32. The van der Waals surface area contributed by atoms with E-state index in [0.29, 0.717) is 5.69 Å². The molecule has 2 heterocycles. The zero-order chi connectivity index (χ0) is 12.9. The number of fused-ring (bicyclic) bond motifs is 2. The van der Waals surface area contributed by atoms with Gasteiger partial charge in [0.1, 0.15) is 10.7 Å². The van der Waals surface area contributed by atoms with Gasteiger partial charge in [-0.15, -0.1) is 4.09 Å². The highest BCUT2D eigenvalue weighted by atomic mass is 32.2. The van der Waals surface area contributed by atoms with E-state index in [9.17, 15) is 13.2 Å². The Morgan fingerprint density at radius 2 is 2.00 bits per heavy atom. The highest BCUT2D eigenvalue weighted by Gasteiger charge is 2.31. The maximum absolute atomic E-state index is 12.4. The van der Waals surface area contributed by atoms with Crippen LogP contribution in [0.3, 0.4) is 0 Å². The van der Waals surface area contributed by atoms with Crippen molar-refractivity contribution >= 4 is 21.7 Å². The molecule has 0 radical (unpaired) electrons. The fraction of sp³-hybridized carbons (Fsp3) is 0.0909. The molecule has 0 saturated heterocycles. The van der Waals surface area contributed by atoms with Gasteiger partial charge in [-0.1, -0.05) is 12.1 Å². The molecule has 7 heteroatoms. The summed E-state index contributed by atoms with van der Waals surface area (Å²) in [7, 11) is -3.83. The quantitative estimate of drug-likeness (QED) is 0.768. The standard InChI is InChI=1S/C11H9N3O3S/c1-7-6-10-12-11(15)8-4-2-3-5-9(8)18(16,17)14(10)13-7/h2-6H,1H3,(H,12,15). The highest BCUT2D eigenvalue weighted by Crippen LogP contribution is 2.26. The van der Waals surface area contributed by atoms with Crippen LogP contribution in [-0.4, -0.2) is 23.5 Å². The molecule has 1 N–H and O–H groups in total. The first kappa shape index (κ1) is 11.0. The summed E-state index contributed by atoms with van der Waals surface area (Å²) >= 11 is 0. The number of aromatic nitrogens is 2. The minimum absolute atomic E-state index is 0.0376. The topological polar surface area (TPSA) is 81.1 Å². The second-order valence-electron chi connectivity index (χ2n) is 3.97. The van der Waals surface area contributed by atoms with Gasteiger partial charge in [-0.05, 0) is 19.1 Å². The molecule has 2 aromatic rings. The van der Waals surface area contributed by atoms with Gasteiger partial charge >= 0.3 is 0 Å². The summed E-state index contributed by atoms with van der Waals surface area (Å²) in [5, 5.41) is 6.45. The molecule has 1 amide bonds. The number of anilines is 1. The van der Waals surface area contributed by atoms with Crippen LogP contribution in [0.25, 0.3) is 0 Å². The smallest absolute Gasteiger partial charge is 0.285 e. The molecular weight excluding hydrogens is 254 g/mol. The second kappa shape index (κ2) is 3.42. The minimum atomic E-state index is -3.83. The van der Waals surface area contributed by atoms with Crippen molar-refractivity contribution in [3.05, 3.63) is 41.6 Å². The van der Waals surface area contributed by atoms with Crippen molar-refractivity contribution in [2.45, 2.75) is 11.8 Å². The Balaban J connectivity index is 2.41. The summed E-state index contributed by atoms with van der Waals surface area (Å²) < 4.78 is 25.6. The Morgan fingerprint density at radius 3 is 2.78 bits per heavy atom. The largest absolute Gasteiger partial charge is 0.306 e. The Kier molecular flexibility index (Phi) is 2.09. The summed E-state index contributed by atoms with van der Waals surface area (Å²) in [6.07, 6.45) is 0. The average molecular weight is 263 g/mol. The lowest BCUT2D eigenvalue weighted by Gasteiger charge is -2.04. The zero-order valence-corrected chi connectivity index (χ0v) is 10.2. The van der Waals surface area contributed by atoms with Gasteiger partial charge in [0.05, 0.1) is 11.3 Å². The number of amides is 1. The second-order valence-corrected chi connectivity index (χ2v) is 5.71. The van der Waals surface area contributed by atoms with Gasteiger partial charge in [0, 0.05) is 6.07 Å². The van der Waals surface area contributed by atoms with Crippen LogP contribution >= 0.6 is 0 Å². The number of nitrogens with one attached hydrogen (secondary N) is 1. The number of hydrogen-bond donors (Lipinski definition) is 1.